The lowest BCUT2D eigenvalue weighted by molar-refractivity contribution is 0.101. The van der Waals surface area contributed by atoms with E-state index in [1.807, 2.05) is 12.1 Å². The van der Waals surface area contributed by atoms with E-state index in [4.69, 9.17) is 0 Å². The molecule has 20 heavy (non-hydrogen) atoms. The predicted octanol–water partition coefficient (Wildman–Crippen LogP) is 2.03. The van der Waals surface area contributed by atoms with E-state index in [0.29, 0.717) is 11.0 Å². The summed E-state index contributed by atoms with van der Waals surface area (Å²) in [5.41, 5.74) is 1.69. The average Bonchev–Trinajstić information content (AvgIpc) is 2.81. The second kappa shape index (κ2) is 4.34. The molecule has 3 aromatic rings. The van der Waals surface area contributed by atoms with Crippen molar-refractivity contribution in [2.45, 2.75) is 6.92 Å². The third-order valence-corrected chi connectivity index (χ3v) is 2.97. The molecular weight excluding hydrogens is 258 g/mol. The number of Topliss-reactive ketones (excluding diaryl/α,β-unsaturated/α-hetero) is 1. The molecule has 0 saturated heterocycles. The van der Waals surface area contributed by atoms with E-state index < -0.39 is 0 Å². The molecule has 1 aromatic heterocycles. The van der Waals surface area contributed by atoms with Crippen molar-refractivity contribution in [2.24, 2.45) is 0 Å². The number of hydrogen-bond acceptors (Lipinski definition) is 5. The summed E-state index contributed by atoms with van der Waals surface area (Å²) < 4.78 is 0. The van der Waals surface area contributed by atoms with E-state index in [9.17, 15) is 15.0 Å². The molecule has 0 atom stereocenters. The average molecular weight is 269 g/mol. The van der Waals surface area contributed by atoms with Gasteiger partial charge in [-0.3, -0.25) is 4.79 Å². The monoisotopic (exact) mass is 269 g/mol. The van der Waals surface area contributed by atoms with Gasteiger partial charge in [-0.15, -0.1) is 15.0 Å². The van der Waals surface area contributed by atoms with Crippen LogP contribution in [0.5, 0.6) is 11.5 Å². The van der Waals surface area contributed by atoms with Crippen molar-refractivity contribution in [1.82, 2.24) is 15.0 Å². The summed E-state index contributed by atoms with van der Waals surface area (Å²) in [4.78, 5) is 12.7. The number of aromatic nitrogens is 3. The number of phenolic OH excluding ortho intramolecular Hbond substituents is 2. The summed E-state index contributed by atoms with van der Waals surface area (Å²) in [7, 11) is 0. The Balaban J connectivity index is 2.22. The van der Waals surface area contributed by atoms with Crippen molar-refractivity contribution in [3.8, 4) is 17.2 Å². The molecule has 0 amide bonds. The fourth-order valence-corrected chi connectivity index (χ4v) is 1.98. The lowest BCUT2D eigenvalue weighted by Gasteiger charge is -2.07. The van der Waals surface area contributed by atoms with E-state index in [-0.39, 0.29) is 28.5 Å². The Morgan fingerprint density at radius 1 is 1.05 bits per heavy atom. The summed E-state index contributed by atoms with van der Waals surface area (Å²) in [6, 6.07) is 9.73. The maximum atomic E-state index is 11.4. The molecule has 6 heteroatoms. The molecular formula is C14H11N3O3. The Morgan fingerprint density at radius 2 is 1.65 bits per heavy atom. The SMILES string of the molecule is CC(=O)c1cc(-n2nc3ccccc3n2)c(O)cc1O. The first-order valence-corrected chi connectivity index (χ1v) is 5.95. The van der Waals surface area contributed by atoms with Gasteiger partial charge in [0.05, 0.1) is 5.56 Å². The van der Waals surface area contributed by atoms with Crippen molar-refractivity contribution in [3.05, 3.63) is 42.0 Å². The second-order valence-electron chi connectivity index (χ2n) is 4.39. The van der Waals surface area contributed by atoms with Crippen LogP contribution in [0, 0.1) is 0 Å². The molecule has 0 unspecified atom stereocenters. The lowest BCUT2D eigenvalue weighted by atomic mass is 10.1. The van der Waals surface area contributed by atoms with Gasteiger partial charge in [0.25, 0.3) is 0 Å². The van der Waals surface area contributed by atoms with Gasteiger partial charge in [-0.2, -0.15) is 0 Å². The van der Waals surface area contributed by atoms with Crippen LogP contribution in [0.2, 0.25) is 0 Å². The zero-order valence-corrected chi connectivity index (χ0v) is 10.6. The topological polar surface area (TPSA) is 88.2 Å². The first-order chi connectivity index (χ1) is 9.56. The van der Waals surface area contributed by atoms with E-state index in [0.717, 1.165) is 6.07 Å². The largest absolute Gasteiger partial charge is 0.507 e. The fraction of sp³-hybridized carbons (Fsp3) is 0.0714. The zero-order valence-electron chi connectivity index (χ0n) is 10.6. The number of carbonyl (C=O) groups is 1. The van der Waals surface area contributed by atoms with Crippen molar-refractivity contribution >= 4 is 16.8 Å². The molecule has 6 nitrogen and oxygen atoms in total. The van der Waals surface area contributed by atoms with Crippen molar-refractivity contribution in [3.63, 3.8) is 0 Å². The molecule has 0 fully saturated rings. The number of phenols is 2. The molecule has 2 aromatic carbocycles. The first kappa shape index (κ1) is 12.2. The number of fused-ring (bicyclic) bond motifs is 1. The Hall–Kier alpha value is -2.89. The highest BCUT2D eigenvalue weighted by atomic mass is 16.3. The minimum atomic E-state index is -0.305. The van der Waals surface area contributed by atoms with Crippen molar-refractivity contribution < 1.29 is 15.0 Å². The minimum Gasteiger partial charge on any atom is -0.507 e. The third kappa shape index (κ3) is 1.87. The van der Waals surface area contributed by atoms with Crippen LogP contribution in [0.1, 0.15) is 17.3 Å². The van der Waals surface area contributed by atoms with Gasteiger partial charge in [0.2, 0.25) is 0 Å². The number of carbonyl (C=O) groups excluding carboxylic acids is 1. The third-order valence-electron chi connectivity index (χ3n) is 2.97. The molecule has 0 saturated carbocycles. The number of hydrogen-bond donors (Lipinski definition) is 2. The van der Waals surface area contributed by atoms with E-state index in [2.05, 4.69) is 10.2 Å². The van der Waals surface area contributed by atoms with Crippen LogP contribution in [0.4, 0.5) is 0 Å². The summed E-state index contributed by atoms with van der Waals surface area (Å²) in [6.45, 7) is 1.34. The van der Waals surface area contributed by atoms with Gasteiger partial charge < -0.3 is 10.2 Å². The normalized spacial score (nSPS) is 10.8. The fourth-order valence-electron chi connectivity index (χ4n) is 1.98. The Bertz CT molecular complexity index is 791. The summed E-state index contributed by atoms with van der Waals surface area (Å²) >= 11 is 0. The quantitative estimate of drug-likeness (QED) is 0.695. The van der Waals surface area contributed by atoms with E-state index in [1.165, 1.54) is 17.8 Å². The number of nitrogens with zero attached hydrogens (tertiary/aromatic N) is 3. The Kier molecular flexibility index (Phi) is 2.64. The van der Waals surface area contributed by atoms with Crippen molar-refractivity contribution in [2.75, 3.05) is 0 Å². The van der Waals surface area contributed by atoms with E-state index in [1.54, 1.807) is 12.1 Å². The van der Waals surface area contributed by atoms with Crippen LogP contribution >= 0.6 is 0 Å². The van der Waals surface area contributed by atoms with Gasteiger partial charge >= 0.3 is 0 Å². The molecule has 1 heterocycles. The summed E-state index contributed by atoms with van der Waals surface area (Å²) in [6.07, 6.45) is 0. The van der Waals surface area contributed by atoms with Crippen LogP contribution in [0.25, 0.3) is 16.7 Å². The van der Waals surface area contributed by atoms with Gasteiger partial charge in [0.1, 0.15) is 28.2 Å². The molecule has 0 aliphatic rings. The maximum absolute atomic E-state index is 11.4. The molecule has 2 N–H and O–H groups in total. The molecule has 3 rings (SSSR count). The number of aromatic hydroxyl groups is 2. The molecule has 0 spiro atoms. The summed E-state index contributed by atoms with van der Waals surface area (Å²) in [5, 5.41) is 28.0. The standard InChI is InChI=1S/C14H11N3O3/c1-8(18)9-6-12(14(20)7-13(9)19)17-15-10-4-2-3-5-11(10)16-17/h2-7,19-20H,1H3. The van der Waals surface area contributed by atoms with Crippen LogP contribution in [-0.4, -0.2) is 31.0 Å². The van der Waals surface area contributed by atoms with Gasteiger partial charge in [-0.05, 0) is 25.1 Å². The smallest absolute Gasteiger partial charge is 0.163 e. The number of benzene rings is 2. The number of ketones is 1. The Morgan fingerprint density at radius 3 is 2.20 bits per heavy atom. The molecule has 0 aliphatic heterocycles. The van der Waals surface area contributed by atoms with Crippen LogP contribution in [-0.2, 0) is 0 Å². The zero-order chi connectivity index (χ0) is 14.3. The lowest BCUT2D eigenvalue weighted by Crippen LogP contribution is -2.02. The number of rotatable bonds is 2. The van der Waals surface area contributed by atoms with E-state index >= 15 is 0 Å². The Labute approximate surface area is 113 Å². The molecule has 0 bridgehead atoms. The van der Waals surface area contributed by atoms with Crippen LogP contribution < -0.4 is 0 Å². The summed E-state index contributed by atoms with van der Waals surface area (Å²) in [5.74, 6) is -0.774. The highest BCUT2D eigenvalue weighted by Gasteiger charge is 2.15. The molecule has 0 aliphatic carbocycles. The molecule has 100 valence electrons. The second-order valence-corrected chi connectivity index (χ2v) is 4.39. The van der Waals surface area contributed by atoms with Crippen molar-refractivity contribution in [1.29, 1.82) is 0 Å². The maximum Gasteiger partial charge on any atom is 0.163 e. The molecule has 0 radical (unpaired) electrons. The van der Waals surface area contributed by atoms with Gasteiger partial charge in [0, 0.05) is 6.07 Å². The first-order valence-electron chi connectivity index (χ1n) is 5.95. The predicted molar refractivity (Wildman–Crippen MR) is 72.2 cm³/mol. The van der Waals surface area contributed by atoms with Gasteiger partial charge in [-0.25, -0.2) is 0 Å². The van der Waals surface area contributed by atoms with Crippen LogP contribution in [0.3, 0.4) is 0 Å². The van der Waals surface area contributed by atoms with Gasteiger partial charge in [-0.1, -0.05) is 12.1 Å². The highest BCUT2D eigenvalue weighted by Crippen LogP contribution is 2.30. The minimum absolute atomic E-state index is 0.110. The van der Waals surface area contributed by atoms with Gasteiger partial charge in [0.15, 0.2) is 5.78 Å². The highest BCUT2D eigenvalue weighted by molar-refractivity contribution is 5.97. The van der Waals surface area contributed by atoms with Crippen LogP contribution in [0.15, 0.2) is 36.4 Å².